The summed E-state index contributed by atoms with van der Waals surface area (Å²) >= 11 is -1.87. The largest absolute Gasteiger partial charge is 0.508 e. The second kappa shape index (κ2) is 5.62. The molecule has 0 saturated carbocycles. The Balaban J connectivity index is 2.05. The smallest absolute Gasteiger partial charge is 0.316 e. The van der Waals surface area contributed by atoms with Crippen molar-refractivity contribution < 1.29 is 18.6 Å². The number of aromatic hydroxyl groups is 2. The Morgan fingerprint density at radius 3 is 2.47 bits per heavy atom. The van der Waals surface area contributed by atoms with E-state index in [9.17, 15) is 14.4 Å². The fourth-order valence-electron chi connectivity index (χ4n) is 1.40. The van der Waals surface area contributed by atoms with Gasteiger partial charge >= 0.3 is 11.3 Å². The standard InChI is InChI=1S/C13H13NO4S/c1-9-2-5-11(6-3-9)18-19(17)14-12-8-10(15)4-7-13(12)16/h2-8,14-16H,1H3. The average molecular weight is 279 g/mol. The number of phenolic OH excluding ortho intramolecular Hbond substituents is 2. The Hall–Kier alpha value is -2.21. The third-order valence-electron chi connectivity index (χ3n) is 2.37. The van der Waals surface area contributed by atoms with Gasteiger partial charge in [0.25, 0.3) is 0 Å². The molecule has 0 aromatic heterocycles. The van der Waals surface area contributed by atoms with Gasteiger partial charge in [-0.3, -0.25) is 4.72 Å². The van der Waals surface area contributed by atoms with E-state index in [4.69, 9.17) is 4.18 Å². The van der Waals surface area contributed by atoms with Gasteiger partial charge in [0.05, 0.1) is 5.69 Å². The van der Waals surface area contributed by atoms with Gasteiger partial charge in [-0.05, 0) is 31.2 Å². The lowest BCUT2D eigenvalue weighted by Crippen LogP contribution is -2.11. The van der Waals surface area contributed by atoms with Gasteiger partial charge in [-0.1, -0.05) is 17.7 Å². The highest BCUT2D eigenvalue weighted by Crippen LogP contribution is 2.27. The van der Waals surface area contributed by atoms with Crippen LogP contribution in [0.1, 0.15) is 5.56 Å². The van der Waals surface area contributed by atoms with Crippen LogP contribution in [0.3, 0.4) is 0 Å². The summed E-state index contributed by atoms with van der Waals surface area (Å²) < 4.78 is 19.3. The van der Waals surface area contributed by atoms with Crippen molar-refractivity contribution >= 4 is 17.0 Å². The zero-order valence-electron chi connectivity index (χ0n) is 10.2. The number of benzene rings is 2. The van der Waals surface area contributed by atoms with Crippen molar-refractivity contribution in [2.45, 2.75) is 6.92 Å². The predicted molar refractivity (Wildman–Crippen MR) is 73.3 cm³/mol. The summed E-state index contributed by atoms with van der Waals surface area (Å²) in [6.45, 7) is 1.93. The predicted octanol–water partition coefficient (Wildman–Crippen LogP) is 2.48. The van der Waals surface area contributed by atoms with Crippen molar-refractivity contribution in [3.8, 4) is 17.2 Å². The minimum Gasteiger partial charge on any atom is -0.508 e. The lowest BCUT2D eigenvalue weighted by molar-refractivity contribution is 0.462. The Morgan fingerprint density at radius 2 is 1.79 bits per heavy atom. The van der Waals surface area contributed by atoms with Crippen molar-refractivity contribution in [1.82, 2.24) is 0 Å². The van der Waals surface area contributed by atoms with E-state index in [1.54, 1.807) is 12.1 Å². The van der Waals surface area contributed by atoms with Gasteiger partial charge in [-0.2, -0.15) is 4.21 Å². The molecule has 0 aliphatic heterocycles. The molecule has 0 fully saturated rings. The molecule has 0 heterocycles. The van der Waals surface area contributed by atoms with Crippen LogP contribution in [-0.4, -0.2) is 14.4 Å². The molecule has 2 aromatic rings. The maximum atomic E-state index is 11.7. The third-order valence-corrected chi connectivity index (χ3v) is 3.10. The molecule has 0 radical (unpaired) electrons. The molecule has 0 aliphatic carbocycles. The van der Waals surface area contributed by atoms with Crippen LogP contribution < -0.4 is 8.91 Å². The molecule has 100 valence electrons. The van der Waals surface area contributed by atoms with Crippen LogP contribution in [0.2, 0.25) is 0 Å². The summed E-state index contributed by atoms with van der Waals surface area (Å²) in [4.78, 5) is 0. The van der Waals surface area contributed by atoms with E-state index in [-0.39, 0.29) is 17.2 Å². The Bertz CT molecular complexity index is 598. The summed E-state index contributed by atoms with van der Waals surface area (Å²) in [7, 11) is 0. The molecule has 2 rings (SSSR count). The van der Waals surface area contributed by atoms with E-state index in [0.29, 0.717) is 5.75 Å². The fourth-order valence-corrected chi connectivity index (χ4v) is 2.07. The summed E-state index contributed by atoms with van der Waals surface area (Å²) in [5.41, 5.74) is 1.20. The zero-order valence-corrected chi connectivity index (χ0v) is 11.0. The first-order valence-corrected chi connectivity index (χ1v) is 6.57. The lowest BCUT2D eigenvalue weighted by atomic mass is 10.2. The number of phenols is 2. The second-order valence-electron chi connectivity index (χ2n) is 3.93. The molecule has 0 amide bonds. The summed E-state index contributed by atoms with van der Waals surface area (Å²) in [5, 5.41) is 18.8. The maximum absolute atomic E-state index is 11.7. The first-order chi connectivity index (χ1) is 9.04. The van der Waals surface area contributed by atoms with E-state index in [0.717, 1.165) is 5.56 Å². The number of rotatable bonds is 4. The normalized spacial score (nSPS) is 11.8. The first kappa shape index (κ1) is 13.2. The summed E-state index contributed by atoms with van der Waals surface area (Å²) in [6.07, 6.45) is 0. The first-order valence-electron chi connectivity index (χ1n) is 5.50. The molecule has 1 unspecified atom stereocenters. The number of nitrogens with one attached hydrogen (secondary N) is 1. The van der Waals surface area contributed by atoms with Gasteiger partial charge in [0.1, 0.15) is 17.2 Å². The number of hydrogen-bond donors (Lipinski definition) is 3. The van der Waals surface area contributed by atoms with E-state index in [2.05, 4.69) is 4.72 Å². The number of aryl methyl sites for hydroxylation is 1. The van der Waals surface area contributed by atoms with Crippen molar-refractivity contribution in [2.75, 3.05) is 4.72 Å². The zero-order chi connectivity index (χ0) is 13.8. The molecule has 6 heteroatoms. The monoisotopic (exact) mass is 279 g/mol. The van der Waals surface area contributed by atoms with Crippen LogP contribution in [0, 0.1) is 6.92 Å². The maximum Gasteiger partial charge on any atom is 0.316 e. The molecular formula is C13H13NO4S. The van der Waals surface area contributed by atoms with Crippen molar-refractivity contribution in [2.24, 2.45) is 0 Å². The van der Waals surface area contributed by atoms with Crippen LogP contribution in [0.15, 0.2) is 42.5 Å². The molecule has 0 spiro atoms. The third kappa shape index (κ3) is 3.62. The average Bonchev–Trinajstić information content (AvgIpc) is 2.37. The Morgan fingerprint density at radius 1 is 1.11 bits per heavy atom. The lowest BCUT2D eigenvalue weighted by Gasteiger charge is -2.09. The minimum absolute atomic E-state index is 0.0485. The van der Waals surface area contributed by atoms with Crippen molar-refractivity contribution in [3.05, 3.63) is 48.0 Å². The van der Waals surface area contributed by atoms with Gasteiger partial charge in [0, 0.05) is 6.07 Å². The molecule has 0 bridgehead atoms. The summed E-state index contributed by atoms with van der Waals surface area (Å²) in [5.74, 6) is 0.266. The quantitative estimate of drug-likeness (QED) is 0.593. The topological polar surface area (TPSA) is 78.8 Å². The van der Waals surface area contributed by atoms with Crippen LogP contribution in [0.25, 0.3) is 0 Å². The molecule has 19 heavy (non-hydrogen) atoms. The second-order valence-corrected chi connectivity index (χ2v) is 4.77. The van der Waals surface area contributed by atoms with E-state index < -0.39 is 11.3 Å². The van der Waals surface area contributed by atoms with Crippen molar-refractivity contribution in [3.63, 3.8) is 0 Å². The highest BCUT2D eigenvalue weighted by Gasteiger charge is 2.08. The number of anilines is 1. The molecule has 1 atom stereocenters. The number of hydrogen-bond acceptors (Lipinski definition) is 4. The fraction of sp³-hybridized carbons (Fsp3) is 0.0769. The van der Waals surface area contributed by atoms with Crippen LogP contribution in [-0.2, 0) is 11.3 Å². The van der Waals surface area contributed by atoms with Crippen LogP contribution >= 0.6 is 0 Å². The van der Waals surface area contributed by atoms with Gasteiger partial charge in [0.2, 0.25) is 0 Å². The highest BCUT2D eigenvalue weighted by atomic mass is 32.2. The molecular weight excluding hydrogens is 266 g/mol. The van der Waals surface area contributed by atoms with Gasteiger partial charge in [0.15, 0.2) is 0 Å². The van der Waals surface area contributed by atoms with Crippen molar-refractivity contribution in [1.29, 1.82) is 0 Å². The van der Waals surface area contributed by atoms with Gasteiger partial charge in [-0.25, -0.2) is 0 Å². The van der Waals surface area contributed by atoms with Crippen LogP contribution in [0.5, 0.6) is 17.2 Å². The molecule has 2 aromatic carbocycles. The van der Waals surface area contributed by atoms with E-state index >= 15 is 0 Å². The summed E-state index contributed by atoms with van der Waals surface area (Å²) in [6, 6.07) is 10.9. The molecule has 5 nitrogen and oxygen atoms in total. The highest BCUT2D eigenvalue weighted by molar-refractivity contribution is 7.82. The molecule has 3 N–H and O–H groups in total. The van der Waals surface area contributed by atoms with E-state index in [1.165, 1.54) is 18.2 Å². The molecule has 0 aliphatic rings. The van der Waals surface area contributed by atoms with E-state index in [1.807, 2.05) is 19.1 Å². The Labute approximate surface area is 113 Å². The Kier molecular flexibility index (Phi) is 3.91. The minimum atomic E-state index is -1.87. The van der Waals surface area contributed by atoms with Crippen LogP contribution in [0.4, 0.5) is 5.69 Å². The SMILES string of the molecule is Cc1ccc(OS(=O)Nc2cc(O)ccc2O)cc1. The van der Waals surface area contributed by atoms with Gasteiger partial charge < -0.3 is 14.4 Å². The molecule has 0 saturated heterocycles. The van der Waals surface area contributed by atoms with Gasteiger partial charge in [-0.15, -0.1) is 0 Å².